The summed E-state index contributed by atoms with van der Waals surface area (Å²) < 4.78 is 0. The number of carbonyl (C=O) groups excluding carboxylic acids is 1. The van der Waals surface area contributed by atoms with Crippen molar-refractivity contribution in [2.45, 2.75) is 25.8 Å². The van der Waals surface area contributed by atoms with Gasteiger partial charge in [-0.2, -0.15) is 5.10 Å². The first kappa shape index (κ1) is 11.1. The summed E-state index contributed by atoms with van der Waals surface area (Å²) >= 11 is 0. The van der Waals surface area contributed by atoms with E-state index in [4.69, 9.17) is 5.73 Å². The number of aromatic amines is 1. The molecular formula is C10H17N5O. The Morgan fingerprint density at radius 1 is 1.75 bits per heavy atom. The van der Waals surface area contributed by atoms with Gasteiger partial charge in [-0.25, -0.2) is 4.98 Å². The Morgan fingerprint density at radius 2 is 2.56 bits per heavy atom. The van der Waals surface area contributed by atoms with Gasteiger partial charge in [0.25, 0.3) is 5.91 Å². The van der Waals surface area contributed by atoms with Gasteiger partial charge < -0.3 is 10.6 Å². The summed E-state index contributed by atoms with van der Waals surface area (Å²) in [5, 5.41) is 6.29. The maximum Gasteiger partial charge on any atom is 0.291 e. The van der Waals surface area contributed by atoms with Crippen LogP contribution in [0.15, 0.2) is 6.33 Å². The maximum atomic E-state index is 12.1. The SMILES string of the molecule is CC1CCCN(C(=O)c2ncn[nH]2)C1CN. The van der Waals surface area contributed by atoms with Gasteiger partial charge in [-0.05, 0) is 18.8 Å². The molecule has 0 spiro atoms. The first-order valence-corrected chi connectivity index (χ1v) is 5.60. The molecule has 0 aliphatic carbocycles. The number of hydrogen-bond donors (Lipinski definition) is 2. The highest BCUT2D eigenvalue weighted by atomic mass is 16.2. The van der Waals surface area contributed by atoms with Crippen molar-refractivity contribution in [1.82, 2.24) is 20.1 Å². The zero-order valence-electron chi connectivity index (χ0n) is 9.39. The Balaban J connectivity index is 2.15. The van der Waals surface area contributed by atoms with Crippen LogP contribution in [0.5, 0.6) is 0 Å². The first-order valence-electron chi connectivity index (χ1n) is 5.60. The molecule has 16 heavy (non-hydrogen) atoms. The third kappa shape index (κ3) is 1.92. The van der Waals surface area contributed by atoms with Crippen molar-refractivity contribution < 1.29 is 4.79 Å². The third-order valence-electron chi connectivity index (χ3n) is 3.24. The largest absolute Gasteiger partial charge is 0.331 e. The zero-order valence-corrected chi connectivity index (χ0v) is 9.39. The van der Waals surface area contributed by atoms with Gasteiger partial charge in [0.05, 0.1) is 0 Å². The number of nitrogens with zero attached hydrogens (tertiary/aromatic N) is 3. The van der Waals surface area contributed by atoms with E-state index < -0.39 is 0 Å². The fourth-order valence-electron chi connectivity index (χ4n) is 2.31. The minimum absolute atomic E-state index is 0.0977. The molecule has 1 aromatic heterocycles. The summed E-state index contributed by atoms with van der Waals surface area (Å²) in [6, 6.07) is 0.117. The second-order valence-corrected chi connectivity index (χ2v) is 4.26. The molecule has 1 amide bonds. The quantitative estimate of drug-likeness (QED) is 0.739. The number of amides is 1. The predicted molar refractivity (Wildman–Crippen MR) is 58.7 cm³/mol. The molecule has 88 valence electrons. The van der Waals surface area contributed by atoms with Crippen molar-refractivity contribution in [3.8, 4) is 0 Å². The molecule has 1 aliphatic heterocycles. The molecule has 1 saturated heterocycles. The van der Waals surface area contributed by atoms with Crippen LogP contribution in [0.4, 0.5) is 0 Å². The summed E-state index contributed by atoms with van der Waals surface area (Å²) in [4.78, 5) is 17.8. The number of nitrogens with one attached hydrogen (secondary N) is 1. The van der Waals surface area contributed by atoms with E-state index in [9.17, 15) is 4.79 Å². The number of carbonyl (C=O) groups is 1. The van der Waals surface area contributed by atoms with Gasteiger partial charge in [0.2, 0.25) is 5.82 Å². The molecular weight excluding hydrogens is 206 g/mol. The van der Waals surface area contributed by atoms with Gasteiger partial charge in [0.15, 0.2) is 0 Å². The zero-order chi connectivity index (χ0) is 11.5. The molecule has 6 nitrogen and oxygen atoms in total. The van der Waals surface area contributed by atoms with Crippen LogP contribution in [0.1, 0.15) is 30.4 Å². The Kier molecular flexibility index (Phi) is 3.19. The van der Waals surface area contributed by atoms with Crippen molar-refractivity contribution in [1.29, 1.82) is 0 Å². The number of H-pyrrole nitrogens is 1. The van der Waals surface area contributed by atoms with E-state index in [0.29, 0.717) is 18.3 Å². The highest BCUT2D eigenvalue weighted by molar-refractivity contribution is 5.90. The lowest BCUT2D eigenvalue weighted by molar-refractivity contribution is 0.0520. The van der Waals surface area contributed by atoms with Gasteiger partial charge in [-0.3, -0.25) is 9.89 Å². The molecule has 0 bridgehead atoms. The summed E-state index contributed by atoms with van der Waals surface area (Å²) in [6.07, 6.45) is 3.50. The average Bonchev–Trinajstić information content (AvgIpc) is 2.81. The van der Waals surface area contributed by atoms with Gasteiger partial charge in [0, 0.05) is 19.1 Å². The molecule has 1 fully saturated rings. The molecule has 1 aromatic rings. The molecule has 3 N–H and O–H groups in total. The lowest BCUT2D eigenvalue weighted by atomic mass is 9.90. The lowest BCUT2D eigenvalue weighted by Gasteiger charge is -2.38. The second-order valence-electron chi connectivity index (χ2n) is 4.26. The monoisotopic (exact) mass is 223 g/mol. The Hall–Kier alpha value is -1.43. The third-order valence-corrected chi connectivity index (χ3v) is 3.24. The van der Waals surface area contributed by atoms with Crippen LogP contribution in [0.3, 0.4) is 0 Å². The van der Waals surface area contributed by atoms with Crippen molar-refractivity contribution >= 4 is 5.91 Å². The minimum Gasteiger partial charge on any atom is -0.331 e. The van der Waals surface area contributed by atoms with Crippen LogP contribution >= 0.6 is 0 Å². The van der Waals surface area contributed by atoms with Crippen LogP contribution < -0.4 is 5.73 Å². The smallest absolute Gasteiger partial charge is 0.291 e. The van der Waals surface area contributed by atoms with Crippen molar-refractivity contribution in [2.75, 3.05) is 13.1 Å². The second kappa shape index (κ2) is 4.61. The Labute approximate surface area is 94.2 Å². The van der Waals surface area contributed by atoms with E-state index in [1.54, 1.807) is 0 Å². The number of aromatic nitrogens is 3. The standard InChI is InChI=1S/C10H17N5O/c1-7-3-2-4-15(8(7)5-11)10(16)9-12-6-13-14-9/h6-8H,2-5,11H2,1H3,(H,12,13,14). The predicted octanol–water partition coefficient (Wildman–Crippen LogP) is 0.00410. The number of likely N-dealkylation sites (tertiary alicyclic amines) is 1. The van der Waals surface area contributed by atoms with Crippen LogP contribution in [-0.2, 0) is 0 Å². The maximum absolute atomic E-state index is 12.1. The van der Waals surface area contributed by atoms with Crippen molar-refractivity contribution in [3.63, 3.8) is 0 Å². The number of nitrogens with two attached hydrogens (primary N) is 1. The fourth-order valence-corrected chi connectivity index (χ4v) is 2.31. The van der Waals surface area contributed by atoms with Gasteiger partial charge >= 0.3 is 0 Å². The van der Waals surface area contributed by atoms with Crippen molar-refractivity contribution in [3.05, 3.63) is 12.2 Å². The van der Waals surface area contributed by atoms with E-state index in [1.165, 1.54) is 6.33 Å². The molecule has 2 unspecified atom stereocenters. The molecule has 0 aromatic carbocycles. The molecule has 1 aliphatic rings. The minimum atomic E-state index is -0.0977. The Morgan fingerprint density at radius 3 is 3.19 bits per heavy atom. The molecule has 2 atom stereocenters. The number of hydrogen-bond acceptors (Lipinski definition) is 4. The lowest BCUT2D eigenvalue weighted by Crippen LogP contribution is -2.51. The van der Waals surface area contributed by atoms with Gasteiger partial charge in [-0.1, -0.05) is 6.92 Å². The van der Waals surface area contributed by atoms with Gasteiger partial charge in [-0.15, -0.1) is 0 Å². The number of rotatable bonds is 2. The molecule has 0 radical (unpaired) electrons. The highest BCUT2D eigenvalue weighted by Crippen LogP contribution is 2.23. The van der Waals surface area contributed by atoms with Crippen molar-refractivity contribution in [2.24, 2.45) is 11.7 Å². The topological polar surface area (TPSA) is 87.9 Å². The van der Waals surface area contributed by atoms with E-state index in [-0.39, 0.29) is 11.9 Å². The first-order chi connectivity index (χ1) is 7.74. The molecule has 2 heterocycles. The van der Waals surface area contributed by atoms with Crippen LogP contribution in [-0.4, -0.2) is 45.1 Å². The fraction of sp³-hybridized carbons (Fsp3) is 0.700. The summed E-state index contributed by atoms with van der Waals surface area (Å²) in [5.74, 6) is 0.651. The summed E-state index contributed by atoms with van der Waals surface area (Å²) in [5.41, 5.74) is 5.74. The number of piperidine rings is 1. The summed E-state index contributed by atoms with van der Waals surface area (Å²) in [7, 11) is 0. The van der Waals surface area contributed by atoms with Gasteiger partial charge in [0.1, 0.15) is 6.33 Å². The molecule has 2 rings (SSSR count). The van der Waals surface area contributed by atoms with E-state index in [0.717, 1.165) is 19.4 Å². The Bertz CT molecular complexity index is 350. The van der Waals surface area contributed by atoms with Crippen LogP contribution in [0.2, 0.25) is 0 Å². The van der Waals surface area contributed by atoms with Crippen LogP contribution in [0.25, 0.3) is 0 Å². The molecule has 6 heteroatoms. The van der Waals surface area contributed by atoms with Crippen LogP contribution in [0, 0.1) is 5.92 Å². The summed E-state index contributed by atoms with van der Waals surface area (Å²) in [6.45, 7) is 3.39. The van der Waals surface area contributed by atoms with E-state index in [2.05, 4.69) is 22.1 Å². The highest BCUT2D eigenvalue weighted by Gasteiger charge is 2.32. The average molecular weight is 223 g/mol. The van der Waals surface area contributed by atoms with E-state index >= 15 is 0 Å². The molecule has 0 saturated carbocycles. The van der Waals surface area contributed by atoms with E-state index in [1.807, 2.05) is 4.90 Å². The normalized spacial score (nSPS) is 25.8.